The monoisotopic (exact) mass is 542 g/mol. The number of nitriles is 1. The predicted octanol–water partition coefficient (Wildman–Crippen LogP) is 5.24. The van der Waals surface area contributed by atoms with E-state index in [-0.39, 0.29) is 11.8 Å². The van der Waals surface area contributed by atoms with Gasteiger partial charge in [0.15, 0.2) is 0 Å². The summed E-state index contributed by atoms with van der Waals surface area (Å²) in [6, 6.07) is 29.2. The van der Waals surface area contributed by atoms with Crippen LogP contribution in [0.4, 0.5) is 17.1 Å². The van der Waals surface area contributed by atoms with Crippen molar-refractivity contribution in [2.24, 2.45) is 0 Å². The predicted molar refractivity (Wildman–Crippen MR) is 158 cm³/mol. The maximum Gasteiger partial charge on any atom is 0.255 e. The third-order valence-corrected chi connectivity index (χ3v) is 6.98. The van der Waals surface area contributed by atoms with E-state index >= 15 is 0 Å². The summed E-state index contributed by atoms with van der Waals surface area (Å²) in [6.45, 7) is 3.12. The van der Waals surface area contributed by atoms with Gasteiger partial charge in [-0.15, -0.1) is 0 Å². The lowest BCUT2D eigenvalue weighted by Crippen LogP contribution is -2.36. The van der Waals surface area contributed by atoms with E-state index in [0.717, 1.165) is 35.4 Å². The number of benzene rings is 4. The molecule has 1 aromatic heterocycles. The SMILES string of the molecule is N#Cc1ccc(C(=O)Nc2ccc(-n3ncc4cc(NC(=O)c5ccc(N6CCOCC6)cc5)ccc43)cc2)cc1. The van der Waals surface area contributed by atoms with Crippen molar-refractivity contribution in [2.45, 2.75) is 0 Å². The number of rotatable bonds is 6. The molecule has 1 saturated heterocycles. The number of hydrogen-bond acceptors (Lipinski definition) is 6. The van der Waals surface area contributed by atoms with Gasteiger partial charge in [0.25, 0.3) is 11.8 Å². The standard InChI is InChI=1S/C32H26N6O3/c33-20-22-1-3-23(4-2-22)31(39)35-26-7-12-29(13-8-26)38-30-14-9-27(19-25(30)21-34-38)36-32(40)24-5-10-28(11-6-24)37-15-17-41-18-16-37/h1-14,19,21H,15-18H2,(H,35,39)(H,36,40). The molecule has 6 rings (SSSR count). The van der Waals surface area contributed by atoms with Gasteiger partial charge in [0.05, 0.1) is 42.2 Å². The van der Waals surface area contributed by atoms with E-state index in [1.807, 2.05) is 72.8 Å². The number of fused-ring (bicyclic) bond motifs is 1. The molecule has 0 radical (unpaired) electrons. The Morgan fingerprint density at radius 1 is 0.756 bits per heavy atom. The number of amides is 2. The molecule has 5 aromatic rings. The number of nitrogens with zero attached hydrogens (tertiary/aromatic N) is 4. The Bertz CT molecular complexity index is 1750. The zero-order valence-electron chi connectivity index (χ0n) is 22.1. The van der Waals surface area contributed by atoms with Crippen molar-refractivity contribution < 1.29 is 14.3 Å². The lowest BCUT2D eigenvalue weighted by atomic mass is 10.1. The van der Waals surface area contributed by atoms with Gasteiger partial charge in [0, 0.05) is 46.7 Å². The second kappa shape index (κ2) is 11.3. The van der Waals surface area contributed by atoms with E-state index in [1.54, 1.807) is 35.1 Å². The summed E-state index contributed by atoms with van der Waals surface area (Å²) < 4.78 is 7.21. The fraction of sp³-hybridized carbons (Fsp3) is 0.125. The molecule has 2 amide bonds. The molecular weight excluding hydrogens is 516 g/mol. The smallest absolute Gasteiger partial charge is 0.255 e. The molecule has 0 unspecified atom stereocenters. The van der Waals surface area contributed by atoms with E-state index < -0.39 is 0 Å². The Labute approximate surface area is 236 Å². The first-order valence-electron chi connectivity index (χ1n) is 13.2. The van der Waals surface area contributed by atoms with Crippen LogP contribution < -0.4 is 15.5 Å². The van der Waals surface area contributed by atoms with Gasteiger partial charge in [-0.1, -0.05) is 0 Å². The van der Waals surface area contributed by atoms with Crippen LogP contribution in [0.1, 0.15) is 26.3 Å². The van der Waals surface area contributed by atoms with E-state index in [1.165, 1.54) is 0 Å². The maximum atomic E-state index is 12.9. The highest BCUT2D eigenvalue weighted by atomic mass is 16.5. The molecule has 9 nitrogen and oxygen atoms in total. The van der Waals surface area contributed by atoms with Crippen LogP contribution in [0.2, 0.25) is 0 Å². The highest BCUT2D eigenvalue weighted by Crippen LogP contribution is 2.24. The van der Waals surface area contributed by atoms with Crippen molar-refractivity contribution >= 4 is 39.8 Å². The second-order valence-corrected chi connectivity index (χ2v) is 9.62. The van der Waals surface area contributed by atoms with Gasteiger partial charge in [-0.2, -0.15) is 10.4 Å². The van der Waals surface area contributed by atoms with Crippen molar-refractivity contribution in [3.05, 3.63) is 114 Å². The Hall–Kier alpha value is -5.46. The zero-order chi connectivity index (χ0) is 28.2. The number of ether oxygens (including phenoxy) is 1. The Balaban J connectivity index is 1.11. The number of hydrogen-bond donors (Lipinski definition) is 2. The van der Waals surface area contributed by atoms with Crippen LogP contribution in [0.3, 0.4) is 0 Å². The lowest BCUT2D eigenvalue weighted by Gasteiger charge is -2.28. The quantitative estimate of drug-likeness (QED) is 0.304. The average molecular weight is 543 g/mol. The minimum absolute atomic E-state index is 0.177. The zero-order valence-corrected chi connectivity index (χ0v) is 22.1. The third-order valence-electron chi connectivity index (χ3n) is 6.98. The van der Waals surface area contributed by atoms with Crippen molar-refractivity contribution in [2.75, 3.05) is 41.8 Å². The first kappa shape index (κ1) is 25.8. The number of aromatic nitrogens is 2. The van der Waals surface area contributed by atoms with Gasteiger partial charge < -0.3 is 20.3 Å². The third kappa shape index (κ3) is 5.64. The van der Waals surface area contributed by atoms with Gasteiger partial charge in [-0.3, -0.25) is 9.59 Å². The van der Waals surface area contributed by atoms with Crippen LogP contribution in [0.5, 0.6) is 0 Å². The van der Waals surface area contributed by atoms with Crippen LogP contribution in [0, 0.1) is 11.3 Å². The summed E-state index contributed by atoms with van der Waals surface area (Å²) in [6.07, 6.45) is 1.75. The van der Waals surface area contributed by atoms with Crippen LogP contribution in [0.25, 0.3) is 16.6 Å². The number of anilines is 3. The minimum Gasteiger partial charge on any atom is -0.378 e. The van der Waals surface area contributed by atoms with E-state index in [9.17, 15) is 9.59 Å². The molecule has 1 fully saturated rings. The molecule has 0 aliphatic carbocycles. The average Bonchev–Trinajstić information content (AvgIpc) is 3.45. The Morgan fingerprint density at radius 3 is 2.00 bits per heavy atom. The summed E-state index contributed by atoms with van der Waals surface area (Å²) in [5.74, 6) is -0.432. The summed E-state index contributed by atoms with van der Waals surface area (Å²) in [4.78, 5) is 27.7. The fourth-order valence-electron chi connectivity index (χ4n) is 4.75. The maximum absolute atomic E-state index is 12.9. The van der Waals surface area contributed by atoms with Crippen LogP contribution in [0.15, 0.2) is 97.2 Å². The van der Waals surface area contributed by atoms with Crippen LogP contribution >= 0.6 is 0 Å². The highest BCUT2D eigenvalue weighted by Gasteiger charge is 2.14. The molecule has 9 heteroatoms. The van der Waals surface area contributed by atoms with Gasteiger partial charge in [0.1, 0.15) is 0 Å². The van der Waals surface area contributed by atoms with Gasteiger partial charge in [0.2, 0.25) is 0 Å². The molecular formula is C32H26N6O3. The molecule has 202 valence electrons. The summed E-state index contributed by atoms with van der Waals surface area (Å²) in [7, 11) is 0. The first-order valence-corrected chi connectivity index (χ1v) is 13.2. The molecule has 2 N–H and O–H groups in total. The lowest BCUT2D eigenvalue weighted by molar-refractivity contribution is 0.101. The fourth-order valence-corrected chi connectivity index (χ4v) is 4.75. The molecule has 0 spiro atoms. The number of carbonyl (C=O) groups excluding carboxylic acids is 2. The second-order valence-electron chi connectivity index (χ2n) is 9.62. The molecule has 4 aromatic carbocycles. The minimum atomic E-state index is -0.255. The molecule has 2 heterocycles. The number of carbonyl (C=O) groups is 2. The van der Waals surface area contributed by atoms with Crippen LogP contribution in [-0.2, 0) is 4.74 Å². The van der Waals surface area contributed by atoms with Crippen molar-refractivity contribution in [3.63, 3.8) is 0 Å². The van der Waals surface area contributed by atoms with E-state index in [4.69, 9.17) is 10.00 Å². The molecule has 0 bridgehead atoms. The topological polar surface area (TPSA) is 112 Å². The van der Waals surface area contributed by atoms with Gasteiger partial charge in [-0.25, -0.2) is 4.68 Å². The molecule has 1 aliphatic rings. The number of nitrogens with one attached hydrogen (secondary N) is 2. The highest BCUT2D eigenvalue weighted by molar-refractivity contribution is 6.05. The van der Waals surface area contributed by atoms with Crippen molar-refractivity contribution in [3.8, 4) is 11.8 Å². The summed E-state index contributed by atoms with van der Waals surface area (Å²) in [5.41, 5.74) is 5.67. The van der Waals surface area contributed by atoms with Gasteiger partial charge >= 0.3 is 0 Å². The molecule has 41 heavy (non-hydrogen) atoms. The number of morpholine rings is 1. The molecule has 0 saturated carbocycles. The Kier molecular flexibility index (Phi) is 7.13. The van der Waals surface area contributed by atoms with Crippen LogP contribution in [-0.4, -0.2) is 47.9 Å². The van der Waals surface area contributed by atoms with Crippen molar-refractivity contribution in [1.82, 2.24) is 9.78 Å². The van der Waals surface area contributed by atoms with Crippen molar-refractivity contribution in [1.29, 1.82) is 5.26 Å². The van der Waals surface area contributed by atoms with E-state index in [2.05, 4.69) is 20.6 Å². The summed E-state index contributed by atoms with van der Waals surface area (Å²) >= 11 is 0. The first-order chi connectivity index (χ1) is 20.1. The molecule has 1 aliphatic heterocycles. The van der Waals surface area contributed by atoms with Gasteiger partial charge in [-0.05, 0) is 91.0 Å². The normalized spacial score (nSPS) is 13.0. The van der Waals surface area contributed by atoms with E-state index in [0.29, 0.717) is 41.3 Å². The molecule has 0 atom stereocenters. The summed E-state index contributed by atoms with van der Waals surface area (Å²) in [5, 5.41) is 20.2. The Morgan fingerprint density at radius 2 is 1.34 bits per heavy atom. The largest absolute Gasteiger partial charge is 0.378 e.